The number of hydrogen-bond acceptors (Lipinski definition) is 6. The van der Waals surface area contributed by atoms with Gasteiger partial charge in [-0.3, -0.25) is 9.48 Å². The number of carbonyl (C=O) groups is 3. The average Bonchev–Trinajstić information content (AvgIpc) is 3.13. The number of hydrogen-bond donors (Lipinski definition) is 1. The number of carbonyl (C=O) groups excluding carboxylic acids is 3. The Labute approximate surface area is 204 Å². The molecule has 182 valence electrons. The molecule has 0 fully saturated rings. The van der Waals surface area contributed by atoms with E-state index in [9.17, 15) is 14.4 Å². The highest BCUT2D eigenvalue weighted by Gasteiger charge is 2.11. The highest BCUT2D eigenvalue weighted by Crippen LogP contribution is 2.17. The molecule has 1 heterocycles. The van der Waals surface area contributed by atoms with Gasteiger partial charge in [-0.2, -0.15) is 5.10 Å². The van der Waals surface area contributed by atoms with E-state index in [4.69, 9.17) is 4.74 Å². The van der Waals surface area contributed by atoms with Crippen LogP contribution in [0.25, 0.3) is 6.08 Å². The Morgan fingerprint density at radius 2 is 1.63 bits per heavy atom. The monoisotopic (exact) mass is 475 g/mol. The van der Waals surface area contributed by atoms with Gasteiger partial charge in [0.25, 0.3) is 5.91 Å². The van der Waals surface area contributed by atoms with E-state index in [1.54, 1.807) is 30.3 Å². The molecule has 1 aromatic heterocycles. The fraction of sp³-hybridized carbons (Fsp3) is 0.259. The lowest BCUT2D eigenvalue weighted by atomic mass is 10.1. The number of methoxy groups -OCH3 is 1. The minimum atomic E-state index is -0.618. The molecular weight excluding hydrogens is 446 g/mol. The number of aryl methyl sites for hydroxylation is 2. The van der Waals surface area contributed by atoms with Crippen LogP contribution in [0.2, 0.25) is 0 Å². The van der Waals surface area contributed by atoms with Gasteiger partial charge in [-0.05, 0) is 50.1 Å². The van der Waals surface area contributed by atoms with Crippen molar-refractivity contribution < 1.29 is 23.9 Å². The first kappa shape index (κ1) is 25.4. The number of amides is 1. The summed E-state index contributed by atoms with van der Waals surface area (Å²) < 4.78 is 11.6. The van der Waals surface area contributed by atoms with E-state index in [1.807, 2.05) is 25.5 Å². The Morgan fingerprint density at radius 3 is 2.29 bits per heavy atom. The Kier molecular flexibility index (Phi) is 8.56. The van der Waals surface area contributed by atoms with Crippen molar-refractivity contribution in [2.75, 3.05) is 13.7 Å². The number of esters is 2. The third-order valence-corrected chi connectivity index (χ3v) is 5.49. The van der Waals surface area contributed by atoms with Gasteiger partial charge in [0.2, 0.25) is 0 Å². The second-order valence-electron chi connectivity index (χ2n) is 8.13. The van der Waals surface area contributed by atoms with Crippen molar-refractivity contribution in [1.29, 1.82) is 0 Å². The summed E-state index contributed by atoms with van der Waals surface area (Å²) in [5, 5.41) is 7.25. The topological polar surface area (TPSA) is 99.5 Å². The minimum absolute atomic E-state index is 0.242. The van der Waals surface area contributed by atoms with Gasteiger partial charge >= 0.3 is 11.9 Å². The lowest BCUT2D eigenvalue weighted by molar-refractivity contribution is -0.143. The standard InChI is InChI=1S/C27H29N3O5/c1-18-5-7-22(8-6-18)16-30-20(3)24(19(2)29-30)13-14-26(32)35-17-25(31)28-15-21-9-11-23(12-10-21)27(33)34-4/h5-14H,15-17H2,1-4H3,(H,28,31)/b14-13+. The maximum Gasteiger partial charge on any atom is 0.337 e. The molecule has 2 aromatic carbocycles. The molecule has 0 saturated carbocycles. The van der Waals surface area contributed by atoms with Crippen molar-refractivity contribution >= 4 is 23.9 Å². The van der Waals surface area contributed by atoms with E-state index in [2.05, 4.69) is 39.4 Å². The summed E-state index contributed by atoms with van der Waals surface area (Å²) in [7, 11) is 1.31. The zero-order valence-electron chi connectivity index (χ0n) is 20.3. The van der Waals surface area contributed by atoms with Gasteiger partial charge in [0, 0.05) is 23.9 Å². The molecule has 0 atom stereocenters. The van der Waals surface area contributed by atoms with Crippen LogP contribution in [0.4, 0.5) is 0 Å². The first-order valence-electron chi connectivity index (χ1n) is 11.1. The summed E-state index contributed by atoms with van der Waals surface area (Å²) in [6.45, 7) is 6.36. The first-order chi connectivity index (χ1) is 16.8. The molecule has 8 nitrogen and oxygen atoms in total. The van der Waals surface area contributed by atoms with Crippen LogP contribution >= 0.6 is 0 Å². The van der Waals surface area contributed by atoms with E-state index in [-0.39, 0.29) is 6.54 Å². The van der Waals surface area contributed by atoms with Crippen LogP contribution in [-0.2, 0) is 32.2 Å². The quantitative estimate of drug-likeness (QED) is 0.376. The molecule has 3 aromatic rings. The Balaban J connectivity index is 1.48. The molecule has 0 spiro atoms. The minimum Gasteiger partial charge on any atom is -0.465 e. The summed E-state index contributed by atoms with van der Waals surface area (Å²) in [5.41, 5.74) is 6.14. The van der Waals surface area contributed by atoms with E-state index in [0.717, 1.165) is 28.1 Å². The maximum atomic E-state index is 12.1. The molecule has 8 heteroatoms. The molecule has 35 heavy (non-hydrogen) atoms. The van der Waals surface area contributed by atoms with Crippen LogP contribution in [0.3, 0.4) is 0 Å². The smallest absolute Gasteiger partial charge is 0.337 e. The van der Waals surface area contributed by atoms with Crippen LogP contribution in [-0.4, -0.2) is 41.3 Å². The van der Waals surface area contributed by atoms with Gasteiger partial charge in [0.1, 0.15) is 0 Å². The van der Waals surface area contributed by atoms with Crippen molar-refractivity contribution in [3.05, 3.63) is 93.8 Å². The molecule has 0 bridgehead atoms. The van der Waals surface area contributed by atoms with Gasteiger partial charge in [0.15, 0.2) is 6.61 Å². The van der Waals surface area contributed by atoms with Crippen LogP contribution < -0.4 is 5.32 Å². The van der Waals surface area contributed by atoms with Crippen LogP contribution in [0, 0.1) is 20.8 Å². The normalized spacial score (nSPS) is 10.9. The summed E-state index contributed by atoms with van der Waals surface area (Å²) >= 11 is 0. The molecule has 0 radical (unpaired) electrons. The highest BCUT2D eigenvalue weighted by atomic mass is 16.5. The lowest BCUT2D eigenvalue weighted by Crippen LogP contribution is -2.28. The first-order valence-corrected chi connectivity index (χ1v) is 11.1. The SMILES string of the molecule is COC(=O)c1ccc(CNC(=O)COC(=O)/C=C/c2c(C)nn(Cc3ccc(C)cc3)c2C)cc1. The molecule has 1 amide bonds. The Hall–Kier alpha value is -4.20. The number of rotatable bonds is 9. The van der Waals surface area contributed by atoms with Gasteiger partial charge in [0.05, 0.1) is 24.9 Å². The summed E-state index contributed by atoms with van der Waals surface area (Å²) in [4.78, 5) is 35.6. The number of aromatic nitrogens is 2. The predicted molar refractivity (Wildman–Crippen MR) is 132 cm³/mol. The third kappa shape index (κ3) is 7.14. The van der Waals surface area contributed by atoms with Gasteiger partial charge in [-0.25, -0.2) is 9.59 Å². The molecule has 0 unspecified atom stereocenters. The number of benzene rings is 2. The molecule has 0 aliphatic rings. The van der Waals surface area contributed by atoms with Crippen molar-refractivity contribution in [1.82, 2.24) is 15.1 Å². The average molecular weight is 476 g/mol. The Bertz CT molecular complexity index is 1220. The van der Waals surface area contributed by atoms with Crippen LogP contribution in [0.5, 0.6) is 0 Å². The van der Waals surface area contributed by atoms with Gasteiger partial charge < -0.3 is 14.8 Å². The van der Waals surface area contributed by atoms with Crippen molar-refractivity contribution in [3.8, 4) is 0 Å². The van der Waals surface area contributed by atoms with E-state index < -0.39 is 24.5 Å². The zero-order chi connectivity index (χ0) is 25.4. The van der Waals surface area contributed by atoms with Crippen LogP contribution in [0.15, 0.2) is 54.6 Å². The molecule has 0 aliphatic heterocycles. The largest absolute Gasteiger partial charge is 0.465 e. The van der Waals surface area contributed by atoms with E-state index >= 15 is 0 Å². The molecule has 3 rings (SSSR count). The second kappa shape index (κ2) is 11.8. The molecule has 0 aliphatic carbocycles. The highest BCUT2D eigenvalue weighted by molar-refractivity contribution is 5.90. The zero-order valence-corrected chi connectivity index (χ0v) is 20.3. The lowest BCUT2D eigenvalue weighted by Gasteiger charge is -2.06. The second-order valence-corrected chi connectivity index (χ2v) is 8.13. The maximum absolute atomic E-state index is 12.1. The molecular formula is C27H29N3O5. The summed E-state index contributed by atoms with van der Waals surface area (Å²) in [6, 6.07) is 14.9. The predicted octanol–water partition coefficient (Wildman–Crippen LogP) is 3.52. The number of nitrogens with one attached hydrogen (secondary N) is 1. The van der Waals surface area contributed by atoms with E-state index in [1.165, 1.54) is 18.7 Å². The summed E-state index contributed by atoms with van der Waals surface area (Å²) in [5.74, 6) is -1.47. The van der Waals surface area contributed by atoms with Crippen LogP contribution in [0.1, 0.15) is 44.0 Å². The van der Waals surface area contributed by atoms with Gasteiger partial charge in [-0.15, -0.1) is 0 Å². The summed E-state index contributed by atoms with van der Waals surface area (Å²) in [6.07, 6.45) is 2.96. The van der Waals surface area contributed by atoms with E-state index in [0.29, 0.717) is 12.1 Å². The number of nitrogens with zero attached hydrogens (tertiary/aromatic N) is 2. The molecule has 0 saturated heterocycles. The fourth-order valence-electron chi connectivity index (χ4n) is 3.44. The number of ether oxygens (including phenoxy) is 2. The Morgan fingerprint density at radius 1 is 0.971 bits per heavy atom. The van der Waals surface area contributed by atoms with Crippen molar-refractivity contribution in [3.63, 3.8) is 0 Å². The van der Waals surface area contributed by atoms with Gasteiger partial charge in [-0.1, -0.05) is 42.0 Å². The van der Waals surface area contributed by atoms with Crippen molar-refractivity contribution in [2.45, 2.75) is 33.9 Å². The molecule has 1 N–H and O–H groups in total. The van der Waals surface area contributed by atoms with Crippen molar-refractivity contribution in [2.24, 2.45) is 0 Å². The third-order valence-electron chi connectivity index (χ3n) is 5.49. The fourth-order valence-corrected chi connectivity index (χ4v) is 3.44.